The van der Waals surface area contributed by atoms with Crippen LogP contribution in [0.25, 0.3) is 0 Å². The molecule has 0 aliphatic carbocycles. The fourth-order valence-corrected chi connectivity index (χ4v) is 3.07. The lowest BCUT2D eigenvalue weighted by atomic mass is 10.1. The quantitative estimate of drug-likeness (QED) is 0.171. The molecule has 2 nitrogen and oxygen atoms in total. The fourth-order valence-electron chi connectivity index (χ4n) is 3.07. The number of carboxylic acid groups (broad SMARTS) is 1. The minimum absolute atomic E-state index is 0.331. The number of hydrogen-bond donors (Lipinski definition) is 1. The van der Waals surface area contributed by atoms with Crippen molar-refractivity contribution < 1.29 is 9.90 Å². The summed E-state index contributed by atoms with van der Waals surface area (Å²) in [6.45, 7) is 2.26. The summed E-state index contributed by atoms with van der Waals surface area (Å²) in [7, 11) is 0. The fraction of sp³-hybridized carbons (Fsp3) is 0.720. The highest BCUT2D eigenvalue weighted by atomic mass is 16.4. The first-order valence-electron chi connectivity index (χ1n) is 11.4. The van der Waals surface area contributed by atoms with E-state index in [9.17, 15) is 4.79 Å². The van der Waals surface area contributed by atoms with Gasteiger partial charge in [0.15, 0.2) is 0 Å². The maximum Gasteiger partial charge on any atom is 0.303 e. The van der Waals surface area contributed by atoms with E-state index in [1.165, 1.54) is 77.0 Å². The highest BCUT2D eigenvalue weighted by molar-refractivity contribution is 5.66. The van der Waals surface area contributed by atoms with Gasteiger partial charge in [0, 0.05) is 6.42 Å². The second kappa shape index (κ2) is 22.7. The maximum atomic E-state index is 10.4. The van der Waals surface area contributed by atoms with Gasteiger partial charge in [-0.15, -0.1) is 0 Å². The molecule has 0 aliphatic rings. The van der Waals surface area contributed by atoms with Gasteiger partial charge in [0.2, 0.25) is 0 Å². The van der Waals surface area contributed by atoms with E-state index in [0.717, 1.165) is 25.7 Å². The lowest BCUT2D eigenvalue weighted by Gasteiger charge is -2.00. The van der Waals surface area contributed by atoms with Crippen LogP contribution >= 0.6 is 0 Å². The Morgan fingerprint density at radius 1 is 0.593 bits per heavy atom. The lowest BCUT2D eigenvalue weighted by molar-refractivity contribution is -0.137. The van der Waals surface area contributed by atoms with Gasteiger partial charge in [-0.3, -0.25) is 4.79 Å². The van der Waals surface area contributed by atoms with E-state index in [4.69, 9.17) is 5.11 Å². The molecule has 0 bridgehead atoms. The molecule has 0 rings (SSSR count). The molecule has 0 fully saturated rings. The SMILES string of the molecule is CCCCCCC=CCC=CCC=CCCCCCCCCCCC(=O)O. The summed E-state index contributed by atoms with van der Waals surface area (Å²) < 4.78 is 0. The summed E-state index contributed by atoms with van der Waals surface area (Å²) in [5.74, 6) is -0.663. The highest BCUT2D eigenvalue weighted by Crippen LogP contribution is 2.11. The van der Waals surface area contributed by atoms with Gasteiger partial charge < -0.3 is 5.11 Å². The average Bonchev–Trinajstić information content (AvgIpc) is 2.65. The van der Waals surface area contributed by atoms with E-state index < -0.39 is 5.97 Å². The lowest BCUT2D eigenvalue weighted by Crippen LogP contribution is -1.93. The average molecular weight is 377 g/mol. The Hall–Kier alpha value is -1.31. The van der Waals surface area contributed by atoms with Crippen molar-refractivity contribution in [2.45, 2.75) is 116 Å². The molecule has 27 heavy (non-hydrogen) atoms. The molecule has 0 aliphatic heterocycles. The van der Waals surface area contributed by atoms with Gasteiger partial charge in [0.1, 0.15) is 0 Å². The smallest absolute Gasteiger partial charge is 0.303 e. The Morgan fingerprint density at radius 2 is 1.00 bits per heavy atom. The van der Waals surface area contributed by atoms with Crippen LogP contribution in [0.15, 0.2) is 36.5 Å². The van der Waals surface area contributed by atoms with Crippen LogP contribution in [0.2, 0.25) is 0 Å². The number of allylic oxidation sites excluding steroid dienone is 6. The number of carbonyl (C=O) groups is 1. The zero-order valence-electron chi connectivity index (χ0n) is 17.8. The maximum absolute atomic E-state index is 10.4. The third-order valence-corrected chi connectivity index (χ3v) is 4.78. The van der Waals surface area contributed by atoms with Crippen molar-refractivity contribution in [3.63, 3.8) is 0 Å². The molecule has 0 unspecified atom stereocenters. The summed E-state index contributed by atoms with van der Waals surface area (Å²) in [5.41, 5.74) is 0. The second-order valence-electron chi connectivity index (χ2n) is 7.50. The molecule has 0 aromatic carbocycles. The molecule has 0 spiro atoms. The van der Waals surface area contributed by atoms with Crippen LogP contribution < -0.4 is 0 Å². The largest absolute Gasteiger partial charge is 0.481 e. The third kappa shape index (κ3) is 24.7. The van der Waals surface area contributed by atoms with E-state index in [-0.39, 0.29) is 0 Å². The van der Waals surface area contributed by atoms with Crippen LogP contribution in [0, 0.1) is 0 Å². The number of unbranched alkanes of at least 4 members (excludes halogenated alkanes) is 12. The first kappa shape index (κ1) is 25.7. The molecule has 0 saturated heterocycles. The zero-order valence-corrected chi connectivity index (χ0v) is 17.8. The first-order chi connectivity index (χ1) is 13.3. The van der Waals surface area contributed by atoms with Crippen LogP contribution in [-0.2, 0) is 4.79 Å². The van der Waals surface area contributed by atoms with Gasteiger partial charge in [-0.1, -0.05) is 101 Å². The Morgan fingerprint density at radius 3 is 1.48 bits per heavy atom. The summed E-state index contributed by atoms with van der Waals surface area (Å²) in [4.78, 5) is 10.4. The molecule has 1 N–H and O–H groups in total. The molecule has 0 heterocycles. The van der Waals surface area contributed by atoms with E-state index in [2.05, 4.69) is 43.4 Å². The Kier molecular flexibility index (Phi) is 21.6. The van der Waals surface area contributed by atoms with Crippen LogP contribution in [0.4, 0.5) is 0 Å². The number of hydrogen-bond acceptors (Lipinski definition) is 1. The van der Waals surface area contributed by atoms with Crippen LogP contribution in [-0.4, -0.2) is 11.1 Å². The van der Waals surface area contributed by atoms with Gasteiger partial charge in [0.25, 0.3) is 0 Å². The van der Waals surface area contributed by atoms with Crippen molar-refractivity contribution in [1.29, 1.82) is 0 Å². The minimum atomic E-state index is -0.663. The third-order valence-electron chi connectivity index (χ3n) is 4.78. The molecule has 2 heteroatoms. The van der Waals surface area contributed by atoms with Gasteiger partial charge in [-0.25, -0.2) is 0 Å². The Bertz CT molecular complexity index is 393. The number of aliphatic carboxylic acids is 1. The van der Waals surface area contributed by atoms with Crippen molar-refractivity contribution in [1.82, 2.24) is 0 Å². The Balaban J connectivity index is 3.24. The van der Waals surface area contributed by atoms with Crippen molar-refractivity contribution in [2.24, 2.45) is 0 Å². The summed E-state index contributed by atoms with van der Waals surface area (Å²) in [6, 6.07) is 0. The van der Waals surface area contributed by atoms with E-state index >= 15 is 0 Å². The standard InChI is InChI=1S/C25H44O2/c1-2-3-4-5-6-7-8-9-10-11-12-13-14-15-16-17-18-19-20-21-22-23-24-25(26)27/h7-8,10-11,13-14H,2-6,9,12,15-24H2,1H3,(H,26,27). The van der Waals surface area contributed by atoms with E-state index in [1.54, 1.807) is 0 Å². The molecule has 156 valence electrons. The molecule has 0 saturated carbocycles. The van der Waals surface area contributed by atoms with Crippen LogP contribution in [0.5, 0.6) is 0 Å². The predicted octanol–water partition coefficient (Wildman–Crippen LogP) is 8.39. The summed E-state index contributed by atoms with van der Waals surface area (Å²) in [5, 5.41) is 8.57. The minimum Gasteiger partial charge on any atom is -0.481 e. The van der Waals surface area contributed by atoms with Crippen molar-refractivity contribution in [3.05, 3.63) is 36.5 Å². The van der Waals surface area contributed by atoms with Gasteiger partial charge in [-0.05, 0) is 44.9 Å². The monoisotopic (exact) mass is 376 g/mol. The molecular formula is C25H44O2. The number of rotatable bonds is 20. The highest BCUT2D eigenvalue weighted by Gasteiger charge is 1.96. The van der Waals surface area contributed by atoms with Gasteiger partial charge in [-0.2, -0.15) is 0 Å². The van der Waals surface area contributed by atoms with Gasteiger partial charge in [0.05, 0.1) is 0 Å². The molecule has 0 radical (unpaired) electrons. The van der Waals surface area contributed by atoms with Crippen molar-refractivity contribution in [3.8, 4) is 0 Å². The van der Waals surface area contributed by atoms with Crippen molar-refractivity contribution >= 4 is 5.97 Å². The van der Waals surface area contributed by atoms with Crippen LogP contribution in [0.3, 0.4) is 0 Å². The Labute approximate surface area is 168 Å². The topological polar surface area (TPSA) is 37.3 Å². The normalized spacial score (nSPS) is 12.0. The predicted molar refractivity (Wildman–Crippen MR) is 119 cm³/mol. The number of carboxylic acids is 1. The zero-order chi connectivity index (χ0) is 19.8. The molecule has 0 amide bonds. The summed E-state index contributed by atoms with van der Waals surface area (Å²) >= 11 is 0. The first-order valence-corrected chi connectivity index (χ1v) is 11.4. The molecular weight excluding hydrogens is 332 g/mol. The summed E-state index contributed by atoms with van der Waals surface area (Å²) in [6.07, 6.45) is 33.6. The molecule has 0 aromatic rings. The van der Waals surface area contributed by atoms with Gasteiger partial charge >= 0.3 is 5.97 Å². The van der Waals surface area contributed by atoms with Crippen molar-refractivity contribution in [2.75, 3.05) is 0 Å². The molecule has 0 atom stereocenters. The second-order valence-corrected chi connectivity index (χ2v) is 7.50. The van der Waals surface area contributed by atoms with E-state index in [0.29, 0.717) is 6.42 Å². The van der Waals surface area contributed by atoms with E-state index in [1.807, 2.05) is 0 Å². The molecule has 0 aromatic heterocycles. The van der Waals surface area contributed by atoms with Crippen LogP contribution in [0.1, 0.15) is 116 Å².